The van der Waals surface area contributed by atoms with Crippen molar-refractivity contribution >= 4 is 11.6 Å². The van der Waals surface area contributed by atoms with Gasteiger partial charge in [0.15, 0.2) is 0 Å². The standard InChI is InChI=1S/C17H21ClFN3O/c1-21-16(18)14(11-20-21)12-22-7-5-17(23,6-8-22)10-13-3-2-4-15(19)9-13/h2-4,9,11,23H,5-8,10,12H2,1H3. The quantitative estimate of drug-likeness (QED) is 0.932. The van der Waals surface area contributed by atoms with Gasteiger partial charge >= 0.3 is 0 Å². The summed E-state index contributed by atoms with van der Waals surface area (Å²) in [5.41, 5.74) is 1.09. The largest absolute Gasteiger partial charge is 0.389 e. The zero-order valence-electron chi connectivity index (χ0n) is 13.2. The Labute approximate surface area is 140 Å². The van der Waals surface area contributed by atoms with Gasteiger partial charge in [-0.2, -0.15) is 5.10 Å². The molecule has 4 nitrogen and oxygen atoms in total. The van der Waals surface area contributed by atoms with Crippen LogP contribution < -0.4 is 0 Å². The summed E-state index contributed by atoms with van der Waals surface area (Å²) >= 11 is 6.20. The van der Waals surface area contributed by atoms with E-state index in [1.807, 2.05) is 13.1 Å². The lowest BCUT2D eigenvalue weighted by atomic mass is 9.85. The maximum atomic E-state index is 13.3. The molecule has 1 N–H and O–H groups in total. The molecule has 2 aromatic rings. The molecule has 0 unspecified atom stereocenters. The average molecular weight is 338 g/mol. The van der Waals surface area contributed by atoms with Gasteiger partial charge in [0.2, 0.25) is 0 Å². The van der Waals surface area contributed by atoms with E-state index in [2.05, 4.69) is 10.00 Å². The molecule has 2 heterocycles. The fourth-order valence-corrected chi connectivity index (χ4v) is 3.30. The van der Waals surface area contributed by atoms with Crippen LogP contribution >= 0.6 is 11.6 Å². The maximum absolute atomic E-state index is 13.3. The van der Waals surface area contributed by atoms with Gasteiger partial charge in [-0.1, -0.05) is 23.7 Å². The van der Waals surface area contributed by atoms with Crippen molar-refractivity contribution < 1.29 is 9.50 Å². The van der Waals surface area contributed by atoms with Gasteiger partial charge in [0.1, 0.15) is 11.0 Å². The van der Waals surface area contributed by atoms with Crippen molar-refractivity contribution in [2.75, 3.05) is 13.1 Å². The van der Waals surface area contributed by atoms with Crippen molar-refractivity contribution in [2.24, 2.45) is 7.05 Å². The number of aromatic nitrogens is 2. The van der Waals surface area contributed by atoms with E-state index in [4.69, 9.17) is 11.6 Å². The van der Waals surface area contributed by atoms with Crippen molar-refractivity contribution in [3.8, 4) is 0 Å². The van der Waals surface area contributed by atoms with Crippen molar-refractivity contribution in [1.82, 2.24) is 14.7 Å². The van der Waals surface area contributed by atoms with Crippen LogP contribution in [0.15, 0.2) is 30.5 Å². The van der Waals surface area contributed by atoms with Crippen molar-refractivity contribution in [1.29, 1.82) is 0 Å². The lowest BCUT2D eigenvalue weighted by Crippen LogP contribution is -2.45. The number of hydrogen-bond acceptors (Lipinski definition) is 3. The Hall–Kier alpha value is -1.43. The van der Waals surface area contributed by atoms with Crippen LogP contribution in [0.1, 0.15) is 24.0 Å². The lowest BCUT2D eigenvalue weighted by Gasteiger charge is -2.38. The van der Waals surface area contributed by atoms with Gasteiger partial charge in [-0.25, -0.2) is 4.39 Å². The van der Waals surface area contributed by atoms with Crippen LogP contribution in [0.5, 0.6) is 0 Å². The molecule has 0 spiro atoms. The number of aliphatic hydroxyl groups is 1. The van der Waals surface area contributed by atoms with E-state index in [-0.39, 0.29) is 5.82 Å². The molecule has 124 valence electrons. The maximum Gasteiger partial charge on any atom is 0.131 e. The van der Waals surface area contributed by atoms with E-state index in [0.29, 0.717) is 24.4 Å². The molecule has 6 heteroatoms. The number of benzene rings is 1. The highest BCUT2D eigenvalue weighted by atomic mass is 35.5. The van der Waals surface area contributed by atoms with E-state index in [0.717, 1.165) is 30.8 Å². The second-order valence-electron chi connectivity index (χ2n) is 6.39. The highest BCUT2D eigenvalue weighted by Crippen LogP contribution is 2.28. The second-order valence-corrected chi connectivity index (χ2v) is 6.75. The fraction of sp³-hybridized carbons (Fsp3) is 0.471. The van der Waals surface area contributed by atoms with Gasteiger partial charge in [-0.05, 0) is 30.5 Å². The highest BCUT2D eigenvalue weighted by Gasteiger charge is 2.32. The first-order chi connectivity index (χ1) is 11.0. The molecule has 0 radical (unpaired) electrons. The molecule has 0 amide bonds. The van der Waals surface area contributed by atoms with Gasteiger partial charge in [0, 0.05) is 38.7 Å². The summed E-state index contributed by atoms with van der Waals surface area (Å²) in [4.78, 5) is 2.27. The Morgan fingerprint density at radius 2 is 2.09 bits per heavy atom. The summed E-state index contributed by atoms with van der Waals surface area (Å²) < 4.78 is 14.9. The summed E-state index contributed by atoms with van der Waals surface area (Å²) in [5.74, 6) is -0.255. The molecule has 0 bridgehead atoms. The van der Waals surface area contributed by atoms with E-state index >= 15 is 0 Å². The van der Waals surface area contributed by atoms with E-state index in [9.17, 15) is 9.50 Å². The number of aryl methyl sites for hydroxylation is 1. The summed E-state index contributed by atoms with van der Waals surface area (Å²) in [6.07, 6.45) is 3.62. The number of hydrogen-bond donors (Lipinski definition) is 1. The molecule has 1 aromatic heterocycles. The number of halogens is 2. The van der Waals surface area contributed by atoms with Crippen molar-refractivity contribution in [3.63, 3.8) is 0 Å². The first-order valence-electron chi connectivity index (χ1n) is 7.81. The molecular formula is C17H21ClFN3O. The Kier molecular flexibility index (Phi) is 4.71. The zero-order valence-corrected chi connectivity index (χ0v) is 13.9. The van der Waals surface area contributed by atoms with E-state index < -0.39 is 5.60 Å². The predicted octanol–water partition coefficient (Wildman–Crippen LogP) is 2.78. The minimum Gasteiger partial charge on any atom is -0.389 e. The summed E-state index contributed by atoms with van der Waals surface area (Å²) in [6.45, 7) is 2.32. The third-order valence-corrected chi connectivity index (χ3v) is 5.03. The lowest BCUT2D eigenvalue weighted by molar-refractivity contribution is -0.0224. The number of nitrogens with zero attached hydrogens (tertiary/aromatic N) is 3. The smallest absolute Gasteiger partial charge is 0.131 e. The summed E-state index contributed by atoms with van der Waals surface area (Å²) in [5, 5.41) is 15.6. The molecule has 0 atom stereocenters. The molecule has 3 rings (SSSR count). The molecule has 0 saturated carbocycles. The Morgan fingerprint density at radius 1 is 1.35 bits per heavy atom. The number of piperidine rings is 1. The minimum atomic E-state index is -0.761. The van der Waals surface area contributed by atoms with E-state index in [1.54, 1.807) is 16.9 Å². The third-order valence-electron chi connectivity index (χ3n) is 4.54. The van der Waals surface area contributed by atoms with Crippen LogP contribution in [0, 0.1) is 5.82 Å². The van der Waals surface area contributed by atoms with Crippen LogP contribution in [0.4, 0.5) is 4.39 Å². The molecule has 0 aliphatic carbocycles. The summed E-state index contributed by atoms with van der Waals surface area (Å²) in [6, 6.07) is 6.48. The van der Waals surface area contributed by atoms with Gasteiger partial charge in [0.25, 0.3) is 0 Å². The first kappa shape index (κ1) is 16.4. The SMILES string of the molecule is Cn1ncc(CN2CCC(O)(Cc3cccc(F)c3)CC2)c1Cl. The third kappa shape index (κ3) is 3.91. The van der Waals surface area contributed by atoms with Crippen LogP contribution in [-0.4, -0.2) is 38.5 Å². The average Bonchev–Trinajstić information content (AvgIpc) is 2.82. The van der Waals surface area contributed by atoms with Crippen LogP contribution in [0.25, 0.3) is 0 Å². The highest BCUT2D eigenvalue weighted by molar-refractivity contribution is 6.30. The van der Waals surface area contributed by atoms with Crippen molar-refractivity contribution in [3.05, 3.63) is 52.6 Å². The predicted molar refractivity (Wildman–Crippen MR) is 87.8 cm³/mol. The Morgan fingerprint density at radius 3 is 2.70 bits per heavy atom. The number of likely N-dealkylation sites (tertiary alicyclic amines) is 1. The minimum absolute atomic E-state index is 0.255. The molecule has 1 aliphatic heterocycles. The van der Waals surface area contributed by atoms with Gasteiger partial charge in [0.05, 0.1) is 11.8 Å². The first-order valence-corrected chi connectivity index (χ1v) is 8.19. The second kappa shape index (κ2) is 6.59. The topological polar surface area (TPSA) is 41.3 Å². The van der Waals surface area contributed by atoms with Crippen LogP contribution in [-0.2, 0) is 20.0 Å². The molecule has 23 heavy (non-hydrogen) atoms. The van der Waals surface area contributed by atoms with Crippen LogP contribution in [0.2, 0.25) is 5.15 Å². The molecule has 1 aromatic carbocycles. The Bertz CT molecular complexity index is 680. The van der Waals surface area contributed by atoms with Crippen molar-refractivity contribution in [2.45, 2.75) is 31.4 Å². The van der Waals surface area contributed by atoms with E-state index in [1.165, 1.54) is 12.1 Å². The van der Waals surface area contributed by atoms with Gasteiger partial charge < -0.3 is 5.11 Å². The molecule has 1 fully saturated rings. The van der Waals surface area contributed by atoms with Gasteiger partial charge in [-0.15, -0.1) is 0 Å². The summed E-state index contributed by atoms with van der Waals surface area (Å²) in [7, 11) is 1.82. The normalized spacial score (nSPS) is 18.3. The zero-order chi connectivity index (χ0) is 16.4. The monoisotopic (exact) mass is 337 g/mol. The molecule has 1 aliphatic rings. The molecular weight excluding hydrogens is 317 g/mol. The number of rotatable bonds is 4. The van der Waals surface area contributed by atoms with Gasteiger partial charge in [-0.3, -0.25) is 9.58 Å². The fourth-order valence-electron chi connectivity index (χ4n) is 3.15. The molecule has 1 saturated heterocycles. The van der Waals surface area contributed by atoms with Crippen LogP contribution in [0.3, 0.4) is 0 Å². The Balaban J connectivity index is 1.58.